The fourth-order valence-electron chi connectivity index (χ4n) is 1.19. The van der Waals surface area contributed by atoms with Gasteiger partial charge in [0.15, 0.2) is 0 Å². The van der Waals surface area contributed by atoms with Gasteiger partial charge in [0, 0.05) is 12.1 Å². The zero-order valence-corrected chi connectivity index (χ0v) is 10.7. The van der Waals surface area contributed by atoms with Crippen molar-refractivity contribution in [3.8, 4) is 0 Å². The van der Waals surface area contributed by atoms with Crippen molar-refractivity contribution < 1.29 is 6.23 Å². The van der Waals surface area contributed by atoms with E-state index in [4.69, 9.17) is 1.43 Å². The van der Waals surface area contributed by atoms with Gasteiger partial charge in [0.05, 0.1) is 0 Å². The molecule has 1 aromatic rings. The van der Waals surface area contributed by atoms with Crippen molar-refractivity contribution in [1.29, 1.82) is 0 Å². The Bertz CT molecular complexity index is 592. The van der Waals surface area contributed by atoms with Crippen molar-refractivity contribution >= 4 is 0 Å². The normalized spacial score (nSPS) is 10.3. The summed E-state index contributed by atoms with van der Waals surface area (Å²) in [5.41, 5.74) is 2.54. The molecular weight excluding hydrogens is 220 g/mol. The van der Waals surface area contributed by atoms with Crippen molar-refractivity contribution in [3.63, 3.8) is 0 Å². The minimum absolute atomic E-state index is 0.468. The lowest BCUT2D eigenvalue weighted by atomic mass is 10.3. The highest BCUT2D eigenvalue weighted by atomic mass is 16.1. The first-order valence-corrected chi connectivity index (χ1v) is 5.77. The molecule has 0 fully saturated rings. The molecule has 1 rings (SSSR count). The fourth-order valence-corrected chi connectivity index (χ4v) is 1.19. The zero-order chi connectivity index (χ0) is 13.9. The van der Waals surface area contributed by atoms with Crippen LogP contribution in [0, 0.1) is 26.0 Å². The second-order valence-corrected chi connectivity index (χ2v) is 3.87. The van der Waals surface area contributed by atoms with Gasteiger partial charge in [-0.05, 0) is 25.5 Å². The topological polar surface area (TPSA) is 21.4 Å². The van der Waals surface area contributed by atoms with Gasteiger partial charge in [-0.2, -0.15) is 0 Å². The van der Waals surface area contributed by atoms with E-state index >= 15 is 0 Å². The fraction of sp³-hybridized carbons (Fsp3) is 0.118. The van der Waals surface area contributed by atoms with Gasteiger partial charge in [0.2, 0.25) is 0 Å². The van der Waals surface area contributed by atoms with Crippen LogP contribution in [0.3, 0.4) is 0 Å². The molecule has 0 saturated heterocycles. The molecule has 0 aromatic heterocycles. The van der Waals surface area contributed by atoms with E-state index < -0.39 is 0 Å². The first-order valence-electron chi connectivity index (χ1n) is 6.18. The Hall–Kier alpha value is -2.33. The molecule has 0 aliphatic carbocycles. The van der Waals surface area contributed by atoms with Gasteiger partial charge in [0.25, 0.3) is 0 Å². The Morgan fingerprint density at radius 1 is 0.944 bits per heavy atom. The van der Waals surface area contributed by atoms with Crippen LogP contribution in [0.4, 0.5) is 0 Å². The maximum atomic E-state index is 6.95. The summed E-state index contributed by atoms with van der Waals surface area (Å²) in [6.07, 6.45) is 0. The number of hydrogen-bond donors (Lipinski definition) is 0. The highest BCUT2D eigenvalue weighted by Crippen LogP contribution is 1.88. The van der Waals surface area contributed by atoms with Gasteiger partial charge in [-0.1, -0.05) is 60.2 Å². The van der Waals surface area contributed by atoms with E-state index in [0.29, 0.717) is 5.43 Å². The summed E-state index contributed by atoms with van der Waals surface area (Å²) in [5.74, 6) is 0. The summed E-state index contributed by atoms with van der Waals surface area (Å²) < 4.78 is 6.95. The minimum Gasteiger partial charge on any atom is -0.274 e. The van der Waals surface area contributed by atoms with Crippen LogP contribution in [0.15, 0.2) is 60.7 Å². The van der Waals surface area contributed by atoms with E-state index in [1.54, 1.807) is 12.1 Å². The van der Waals surface area contributed by atoms with Crippen molar-refractivity contribution in [2.75, 3.05) is 0 Å². The molecule has 0 unspecified atom stereocenters. The van der Waals surface area contributed by atoms with Crippen molar-refractivity contribution in [2.24, 2.45) is 0 Å². The van der Waals surface area contributed by atoms with Crippen LogP contribution in [-0.4, -0.2) is 4.80 Å². The highest BCUT2D eigenvalue weighted by molar-refractivity contribution is 5.08. The summed E-state index contributed by atoms with van der Waals surface area (Å²) in [4.78, 5) is 4.50. The zero-order valence-electron chi connectivity index (χ0n) is 11.7. The van der Waals surface area contributed by atoms with Crippen LogP contribution in [0.25, 0.3) is 0 Å². The molecule has 18 heavy (non-hydrogen) atoms. The van der Waals surface area contributed by atoms with E-state index in [2.05, 4.69) is 16.9 Å². The average molecular weight is 238 g/mol. The van der Waals surface area contributed by atoms with Crippen LogP contribution in [-0.2, 0) is 0 Å². The van der Waals surface area contributed by atoms with Crippen LogP contribution in [0.5, 0.6) is 0 Å². The Kier molecular flexibility index (Phi) is 5.30. The lowest BCUT2D eigenvalue weighted by Crippen LogP contribution is -1.92. The van der Waals surface area contributed by atoms with Crippen LogP contribution in [0.1, 0.15) is 12.6 Å². The molecule has 0 aliphatic heterocycles. The predicted octanol–water partition coefficient (Wildman–Crippen LogP) is 3.16. The molecule has 0 aliphatic rings. The van der Waals surface area contributed by atoms with Crippen molar-refractivity contribution in [2.45, 2.75) is 13.8 Å². The first-order chi connectivity index (χ1) is 9.22. The average Bonchev–Trinajstić information content (AvgIpc) is 2.41. The highest BCUT2D eigenvalue weighted by Gasteiger charge is 1.77. The summed E-state index contributed by atoms with van der Waals surface area (Å²) in [6, 6.07) is 24.6. The molecular formula is C17H17O+. The second kappa shape index (κ2) is 7.86. The van der Waals surface area contributed by atoms with E-state index in [9.17, 15) is 0 Å². The summed E-state index contributed by atoms with van der Waals surface area (Å²) in [7, 11) is 0. The Morgan fingerprint density at radius 3 is 2.56 bits per heavy atom. The van der Waals surface area contributed by atoms with Crippen LogP contribution >= 0.6 is 0 Å². The largest absolute Gasteiger partial charge is 0.686 e. The monoisotopic (exact) mass is 238 g/mol. The predicted molar refractivity (Wildman–Crippen MR) is 73.9 cm³/mol. The van der Waals surface area contributed by atoms with Gasteiger partial charge in [-0.15, -0.1) is 0 Å². The van der Waals surface area contributed by atoms with E-state index in [1.807, 2.05) is 62.4 Å². The molecule has 1 aromatic carbocycles. The lowest BCUT2D eigenvalue weighted by Gasteiger charge is -1.77. The SMILES string of the molecule is [2H][O+]=c1cccccc(C)ccc#cc(C)ccc1. The third-order valence-electron chi connectivity index (χ3n) is 2.15. The van der Waals surface area contributed by atoms with Crippen molar-refractivity contribution in [3.05, 3.63) is 89.4 Å². The third kappa shape index (κ3) is 6.30. The molecule has 90 valence electrons. The molecule has 0 spiro atoms. The third-order valence-corrected chi connectivity index (χ3v) is 2.15. The van der Waals surface area contributed by atoms with Gasteiger partial charge in [-0.3, -0.25) is 4.80 Å². The molecule has 1 N–H and O–H groups in total. The Morgan fingerprint density at radius 2 is 1.72 bits per heavy atom. The molecule has 0 amide bonds. The Balaban J connectivity index is 3.44. The summed E-state index contributed by atoms with van der Waals surface area (Å²) in [5, 5.41) is 0. The second-order valence-electron chi connectivity index (χ2n) is 3.87. The van der Waals surface area contributed by atoms with Crippen molar-refractivity contribution in [1.82, 2.24) is 0 Å². The van der Waals surface area contributed by atoms with Gasteiger partial charge < -0.3 is 0 Å². The summed E-state index contributed by atoms with van der Waals surface area (Å²) >= 11 is 0. The maximum absolute atomic E-state index is 6.95. The van der Waals surface area contributed by atoms with Gasteiger partial charge in [0.1, 0.15) is 0 Å². The number of rotatable bonds is 0. The molecule has 0 heterocycles. The van der Waals surface area contributed by atoms with E-state index in [1.165, 1.54) is 0 Å². The van der Waals surface area contributed by atoms with E-state index in [0.717, 1.165) is 11.1 Å². The quantitative estimate of drug-likeness (QED) is 0.619. The molecule has 0 radical (unpaired) electrons. The molecule has 0 atom stereocenters. The minimum atomic E-state index is 0.468. The van der Waals surface area contributed by atoms with Gasteiger partial charge >= 0.3 is 6.86 Å². The summed E-state index contributed by atoms with van der Waals surface area (Å²) in [6.45, 7) is 3.95. The van der Waals surface area contributed by atoms with Crippen LogP contribution in [0.2, 0.25) is 0 Å². The maximum Gasteiger partial charge on any atom is 0.686 e. The molecule has 0 saturated carbocycles. The molecule has 1 nitrogen and oxygen atoms in total. The first kappa shape index (κ1) is 12.1. The number of aryl methyl sites for hydroxylation is 2. The molecule has 0 bridgehead atoms. The number of hydrogen-bond acceptors (Lipinski definition) is 0. The molecule has 1 heteroatoms. The lowest BCUT2D eigenvalue weighted by molar-refractivity contribution is 0.577. The standard InChI is InChI=1S/C17H16O/c1-15-9-4-3-5-13-17(18)14-8-12-16(2)11-7-6-10-15/h3-6,8-10,12-14H,1-2H3/p+1/i/hD. The van der Waals surface area contributed by atoms with Gasteiger partial charge in [-0.25, -0.2) is 0 Å². The Labute approximate surface area is 110 Å². The smallest absolute Gasteiger partial charge is 0.274 e. The van der Waals surface area contributed by atoms with Crippen LogP contribution < -0.4 is 5.43 Å². The van der Waals surface area contributed by atoms with E-state index in [-0.39, 0.29) is 0 Å².